The zero-order chi connectivity index (χ0) is 24.5. The summed E-state index contributed by atoms with van der Waals surface area (Å²) in [6.07, 6.45) is -1.30. The fourth-order valence-electron chi connectivity index (χ4n) is 3.99. The van der Waals surface area contributed by atoms with Crippen molar-refractivity contribution in [1.82, 2.24) is 29.4 Å². The molecule has 10 nitrogen and oxygen atoms in total. The van der Waals surface area contributed by atoms with Gasteiger partial charge in [-0.2, -0.15) is 18.3 Å². The predicted octanol–water partition coefficient (Wildman–Crippen LogP) is 2.76. The molecule has 180 valence electrons. The number of piperidine rings is 1. The molecule has 0 spiro atoms. The Kier molecular flexibility index (Phi) is 6.26. The maximum Gasteiger partial charge on any atom is 0.434 e. The molecular formula is C21H21F3N6O4. The van der Waals surface area contributed by atoms with E-state index >= 15 is 0 Å². The van der Waals surface area contributed by atoms with Crippen LogP contribution in [-0.2, 0) is 10.9 Å². The van der Waals surface area contributed by atoms with E-state index in [2.05, 4.69) is 15.3 Å². The van der Waals surface area contributed by atoms with Crippen molar-refractivity contribution >= 4 is 11.9 Å². The molecule has 0 aromatic carbocycles. The van der Waals surface area contributed by atoms with Crippen LogP contribution in [0.1, 0.15) is 45.4 Å². The van der Waals surface area contributed by atoms with E-state index in [0.717, 1.165) is 6.20 Å². The smallest absolute Gasteiger partial charge is 0.434 e. The molecule has 1 amide bonds. The third-order valence-electron chi connectivity index (χ3n) is 5.64. The maximum atomic E-state index is 14.0. The van der Waals surface area contributed by atoms with Gasteiger partial charge in [0.2, 0.25) is 5.88 Å². The van der Waals surface area contributed by atoms with Gasteiger partial charge in [-0.15, -0.1) is 10.2 Å². The van der Waals surface area contributed by atoms with Gasteiger partial charge in [0.1, 0.15) is 5.69 Å². The van der Waals surface area contributed by atoms with Crippen LogP contribution in [0.2, 0.25) is 0 Å². The molecule has 34 heavy (non-hydrogen) atoms. The van der Waals surface area contributed by atoms with E-state index in [9.17, 15) is 22.8 Å². The van der Waals surface area contributed by atoms with Crippen molar-refractivity contribution in [3.63, 3.8) is 0 Å². The summed E-state index contributed by atoms with van der Waals surface area (Å²) < 4.78 is 53.8. The molecule has 0 atom stereocenters. The van der Waals surface area contributed by atoms with E-state index in [0.29, 0.717) is 23.2 Å². The average molecular weight is 478 g/mol. The lowest BCUT2D eigenvalue weighted by atomic mass is 10.0. The number of likely N-dealkylation sites (tertiary alicyclic amines) is 1. The van der Waals surface area contributed by atoms with Crippen molar-refractivity contribution in [2.45, 2.75) is 25.1 Å². The standard InChI is InChI=1S/C21H21F3N6O4/c1-33-17-6-5-16(26-27-17)30-18(21(22,23)24)14(12-25-30)19(31)28-10-7-13(8-11-28)29-9-3-4-15(29)20(32)34-2/h3-6,9,12-13H,7-8,10-11H2,1-2H3. The Labute approximate surface area is 191 Å². The van der Waals surface area contributed by atoms with Crippen LogP contribution >= 0.6 is 0 Å². The normalized spacial score (nSPS) is 14.8. The second kappa shape index (κ2) is 9.15. The van der Waals surface area contributed by atoms with Crippen LogP contribution in [-0.4, -0.2) is 68.6 Å². The van der Waals surface area contributed by atoms with Crippen LogP contribution in [0.5, 0.6) is 5.88 Å². The van der Waals surface area contributed by atoms with Gasteiger partial charge in [-0.25, -0.2) is 9.48 Å². The zero-order valence-corrected chi connectivity index (χ0v) is 18.3. The van der Waals surface area contributed by atoms with Crippen LogP contribution < -0.4 is 4.74 Å². The summed E-state index contributed by atoms with van der Waals surface area (Å²) >= 11 is 0. The summed E-state index contributed by atoms with van der Waals surface area (Å²) in [5.41, 5.74) is -1.41. The Hall–Kier alpha value is -3.90. The SMILES string of the molecule is COC(=O)c1cccn1C1CCN(C(=O)c2cnn(-c3ccc(OC)nn3)c2C(F)(F)F)CC1. The lowest BCUT2D eigenvalue weighted by Gasteiger charge is -2.33. The monoisotopic (exact) mass is 478 g/mol. The highest BCUT2D eigenvalue weighted by Gasteiger charge is 2.42. The minimum Gasteiger partial charge on any atom is -0.480 e. The zero-order valence-electron chi connectivity index (χ0n) is 18.3. The number of carbonyl (C=O) groups excluding carboxylic acids is 2. The third-order valence-corrected chi connectivity index (χ3v) is 5.64. The van der Waals surface area contributed by atoms with Crippen LogP contribution in [0.25, 0.3) is 5.82 Å². The highest BCUT2D eigenvalue weighted by atomic mass is 19.4. The summed E-state index contributed by atoms with van der Waals surface area (Å²) in [5, 5.41) is 11.1. The molecule has 3 aromatic rings. The molecule has 0 N–H and O–H groups in total. The van der Waals surface area contributed by atoms with Gasteiger partial charge in [-0.3, -0.25) is 4.79 Å². The lowest BCUT2D eigenvalue weighted by molar-refractivity contribution is -0.143. The van der Waals surface area contributed by atoms with Crippen LogP contribution in [0, 0.1) is 0 Å². The number of rotatable bonds is 5. The molecule has 0 saturated carbocycles. The fraction of sp³-hybridized carbons (Fsp3) is 0.381. The highest BCUT2D eigenvalue weighted by Crippen LogP contribution is 2.35. The number of aromatic nitrogens is 5. The number of hydrogen-bond acceptors (Lipinski definition) is 7. The Morgan fingerprint density at radius 2 is 1.82 bits per heavy atom. The molecule has 13 heteroatoms. The molecule has 4 heterocycles. The van der Waals surface area contributed by atoms with Crippen molar-refractivity contribution in [1.29, 1.82) is 0 Å². The molecule has 1 saturated heterocycles. The number of esters is 1. The first-order chi connectivity index (χ1) is 16.2. The van der Waals surface area contributed by atoms with Gasteiger partial charge >= 0.3 is 12.1 Å². The first kappa shape index (κ1) is 23.3. The fourth-order valence-corrected chi connectivity index (χ4v) is 3.99. The van der Waals surface area contributed by atoms with Crippen molar-refractivity contribution < 1.29 is 32.2 Å². The Morgan fingerprint density at radius 1 is 1.09 bits per heavy atom. The van der Waals surface area contributed by atoms with Gasteiger partial charge < -0.3 is 18.9 Å². The van der Waals surface area contributed by atoms with Gasteiger partial charge in [0.05, 0.1) is 26.0 Å². The minimum atomic E-state index is -4.86. The first-order valence-electron chi connectivity index (χ1n) is 10.3. The summed E-state index contributed by atoms with van der Waals surface area (Å²) in [5.74, 6) is -1.33. The summed E-state index contributed by atoms with van der Waals surface area (Å²) in [6.45, 7) is 0.431. The van der Waals surface area contributed by atoms with E-state index in [4.69, 9.17) is 9.47 Å². The summed E-state index contributed by atoms with van der Waals surface area (Å²) in [7, 11) is 2.64. The van der Waals surface area contributed by atoms with Crippen molar-refractivity contribution in [2.75, 3.05) is 27.3 Å². The van der Waals surface area contributed by atoms with Gasteiger partial charge in [0.25, 0.3) is 5.91 Å². The highest BCUT2D eigenvalue weighted by molar-refractivity contribution is 5.95. The topological polar surface area (TPSA) is 104 Å². The Balaban J connectivity index is 1.55. The Morgan fingerprint density at radius 3 is 2.41 bits per heavy atom. The van der Waals surface area contributed by atoms with Crippen molar-refractivity contribution in [3.05, 3.63) is 53.6 Å². The van der Waals surface area contributed by atoms with E-state index in [1.54, 1.807) is 22.9 Å². The van der Waals surface area contributed by atoms with E-state index in [1.165, 1.54) is 31.3 Å². The van der Waals surface area contributed by atoms with Crippen LogP contribution in [0.15, 0.2) is 36.7 Å². The molecule has 0 unspecified atom stereocenters. The molecule has 0 aliphatic carbocycles. The number of carbonyl (C=O) groups is 2. The molecule has 4 rings (SSSR count). The number of halogens is 3. The van der Waals surface area contributed by atoms with Crippen LogP contribution in [0.4, 0.5) is 13.2 Å². The van der Waals surface area contributed by atoms with Gasteiger partial charge in [0.15, 0.2) is 11.5 Å². The molecule has 3 aromatic heterocycles. The van der Waals surface area contributed by atoms with Crippen molar-refractivity contribution in [2.24, 2.45) is 0 Å². The van der Waals surface area contributed by atoms with Gasteiger partial charge in [-0.05, 0) is 31.0 Å². The Bertz CT molecular complexity index is 1180. The second-order valence-electron chi connectivity index (χ2n) is 7.57. The number of ether oxygens (including phenoxy) is 2. The predicted molar refractivity (Wildman–Crippen MR) is 111 cm³/mol. The summed E-state index contributed by atoms with van der Waals surface area (Å²) in [4.78, 5) is 26.4. The summed E-state index contributed by atoms with van der Waals surface area (Å²) in [6, 6.07) is 5.88. The third kappa shape index (κ3) is 4.32. The quantitative estimate of drug-likeness (QED) is 0.520. The molecule has 0 radical (unpaired) electrons. The van der Waals surface area contributed by atoms with E-state index in [-0.39, 0.29) is 30.8 Å². The van der Waals surface area contributed by atoms with E-state index < -0.39 is 29.3 Å². The van der Waals surface area contributed by atoms with Crippen molar-refractivity contribution in [3.8, 4) is 11.7 Å². The van der Waals surface area contributed by atoms with Gasteiger partial charge in [-0.1, -0.05) is 0 Å². The average Bonchev–Trinajstić information content (AvgIpc) is 3.51. The minimum absolute atomic E-state index is 0.0902. The number of alkyl halides is 3. The number of nitrogens with zero attached hydrogens (tertiary/aromatic N) is 6. The van der Waals surface area contributed by atoms with E-state index in [1.807, 2.05) is 0 Å². The lowest BCUT2D eigenvalue weighted by Crippen LogP contribution is -2.40. The number of amides is 1. The maximum absolute atomic E-state index is 14.0. The molecular weight excluding hydrogens is 457 g/mol. The largest absolute Gasteiger partial charge is 0.480 e. The first-order valence-corrected chi connectivity index (χ1v) is 10.3. The molecule has 1 aliphatic heterocycles. The molecule has 1 aliphatic rings. The molecule has 1 fully saturated rings. The van der Waals surface area contributed by atoms with Gasteiger partial charge in [0, 0.05) is 31.4 Å². The molecule has 0 bridgehead atoms. The second-order valence-corrected chi connectivity index (χ2v) is 7.57. The number of hydrogen-bond donors (Lipinski definition) is 0. The number of methoxy groups -OCH3 is 2. The van der Waals surface area contributed by atoms with Crippen LogP contribution in [0.3, 0.4) is 0 Å².